The van der Waals surface area contributed by atoms with Crippen molar-refractivity contribution in [1.82, 2.24) is 0 Å². The number of hydrogen-bond acceptors (Lipinski definition) is 0. The molecule has 0 aromatic heterocycles. The predicted molar refractivity (Wildman–Crippen MR) is 62.5 cm³/mol. The minimum Gasteiger partial charge on any atom is -0.126 e. The molecule has 14 heavy (non-hydrogen) atoms. The van der Waals surface area contributed by atoms with Crippen molar-refractivity contribution in [3.05, 3.63) is 42.0 Å². The van der Waals surface area contributed by atoms with Crippen molar-refractivity contribution in [2.24, 2.45) is 5.92 Å². The molecule has 1 aromatic carbocycles. The Labute approximate surface area is 90.6 Å². The summed E-state index contributed by atoms with van der Waals surface area (Å²) in [6.45, 7) is 0. The topological polar surface area (TPSA) is 0 Å². The number of benzene rings is 1. The quantitative estimate of drug-likeness (QED) is 0.639. The van der Waals surface area contributed by atoms with E-state index in [1.54, 1.807) is 0 Å². The van der Waals surface area contributed by atoms with Gasteiger partial charge in [-0.15, -0.1) is 11.6 Å². The first-order chi connectivity index (χ1) is 6.90. The summed E-state index contributed by atoms with van der Waals surface area (Å²) in [5, 5.41) is 0. The summed E-state index contributed by atoms with van der Waals surface area (Å²) in [4.78, 5) is 0. The molecule has 0 nitrogen and oxygen atoms in total. The van der Waals surface area contributed by atoms with E-state index in [9.17, 15) is 0 Å². The summed E-state index contributed by atoms with van der Waals surface area (Å²) < 4.78 is 0. The van der Waals surface area contributed by atoms with Crippen LogP contribution in [0.5, 0.6) is 0 Å². The standard InChI is InChI=1S/C13H15Cl/c14-10-11-5-4-8-13(9-11)12-6-2-1-3-7-12/h1-3,6-8,11H,4-5,9-10H2/t11-/m0/s1. The number of rotatable bonds is 2. The minimum atomic E-state index is 0.678. The Morgan fingerprint density at radius 3 is 2.71 bits per heavy atom. The fourth-order valence-corrected chi connectivity index (χ4v) is 2.27. The SMILES string of the molecule is ClC[C@H]1CCC=C(c2ccccc2)C1. The van der Waals surface area contributed by atoms with Crippen LogP contribution in [-0.2, 0) is 0 Å². The highest BCUT2D eigenvalue weighted by Crippen LogP contribution is 2.31. The van der Waals surface area contributed by atoms with Gasteiger partial charge in [0.05, 0.1) is 0 Å². The Kier molecular flexibility index (Phi) is 3.26. The van der Waals surface area contributed by atoms with Crippen LogP contribution in [0.3, 0.4) is 0 Å². The van der Waals surface area contributed by atoms with Crippen LogP contribution in [0.15, 0.2) is 36.4 Å². The Hall–Kier alpha value is -0.750. The number of halogens is 1. The van der Waals surface area contributed by atoms with Crippen LogP contribution in [0.25, 0.3) is 5.57 Å². The molecule has 1 atom stereocenters. The molecule has 0 saturated carbocycles. The molecule has 0 unspecified atom stereocenters. The van der Waals surface area contributed by atoms with E-state index in [0.717, 1.165) is 12.3 Å². The van der Waals surface area contributed by atoms with Crippen molar-refractivity contribution in [3.63, 3.8) is 0 Å². The van der Waals surface area contributed by atoms with Crippen molar-refractivity contribution in [2.75, 3.05) is 5.88 Å². The van der Waals surface area contributed by atoms with Crippen LogP contribution in [-0.4, -0.2) is 5.88 Å². The van der Waals surface area contributed by atoms with E-state index in [0.29, 0.717) is 5.92 Å². The molecule has 0 N–H and O–H groups in total. The normalized spacial score (nSPS) is 21.8. The molecule has 0 radical (unpaired) electrons. The molecule has 74 valence electrons. The van der Waals surface area contributed by atoms with Crippen molar-refractivity contribution in [1.29, 1.82) is 0 Å². The van der Waals surface area contributed by atoms with E-state index in [2.05, 4.69) is 36.4 Å². The van der Waals surface area contributed by atoms with Gasteiger partial charge in [0, 0.05) is 5.88 Å². The van der Waals surface area contributed by atoms with Crippen LogP contribution >= 0.6 is 11.6 Å². The largest absolute Gasteiger partial charge is 0.126 e. The van der Waals surface area contributed by atoms with Gasteiger partial charge in [-0.1, -0.05) is 36.4 Å². The second kappa shape index (κ2) is 4.65. The van der Waals surface area contributed by atoms with E-state index in [-0.39, 0.29) is 0 Å². The van der Waals surface area contributed by atoms with Gasteiger partial charge < -0.3 is 0 Å². The Morgan fingerprint density at radius 1 is 1.21 bits per heavy atom. The third-order valence-corrected chi connectivity index (χ3v) is 3.27. The van der Waals surface area contributed by atoms with E-state index in [1.165, 1.54) is 24.0 Å². The Balaban J connectivity index is 2.16. The lowest BCUT2D eigenvalue weighted by Gasteiger charge is -2.20. The molecule has 0 saturated heterocycles. The second-order valence-electron chi connectivity index (χ2n) is 3.90. The average molecular weight is 207 g/mol. The van der Waals surface area contributed by atoms with Crippen molar-refractivity contribution < 1.29 is 0 Å². The summed E-state index contributed by atoms with van der Waals surface area (Å²) in [5.74, 6) is 1.47. The molecule has 0 amide bonds. The summed E-state index contributed by atoms with van der Waals surface area (Å²) in [6, 6.07) is 10.6. The van der Waals surface area contributed by atoms with E-state index in [1.807, 2.05) is 0 Å². The van der Waals surface area contributed by atoms with Crippen LogP contribution in [0.4, 0.5) is 0 Å². The smallest absolute Gasteiger partial charge is 0.0255 e. The van der Waals surface area contributed by atoms with Crippen molar-refractivity contribution in [2.45, 2.75) is 19.3 Å². The molecule has 0 aliphatic heterocycles. The van der Waals surface area contributed by atoms with Gasteiger partial charge in [-0.2, -0.15) is 0 Å². The summed E-state index contributed by atoms with van der Waals surface area (Å²) in [5.41, 5.74) is 2.84. The van der Waals surface area contributed by atoms with E-state index >= 15 is 0 Å². The summed E-state index contributed by atoms with van der Waals surface area (Å²) >= 11 is 5.91. The molecule has 2 rings (SSSR count). The molecule has 1 heteroatoms. The van der Waals surface area contributed by atoms with Gasteiger partial charge >= 0.3 is 0 Å². The zero-order chi connectivity index (χ0) is 9.80. The van der Waals surface area contributed by atoms with Gasteiger partial charge in [0.25, 0.3) is 0 Å². The molecule has 1 aliphatic rings. The highest BCUT2D eigenvalue weighted by Gasteiger charge is 2.14. The van der Waals surface area contributed by atoms with Crippen LogP contribution in [0.1, 0.15) is 24.8 Å². The molecule has 0 bridgehead atoms. The van der Waals surface area contributed by atoms with Gasteiger partial charge in [0.1, 0.15) is 0 Å². The van der Waals surface area contributed by atoms with Crippen LogP contribution < -0.4 is 0 Å². The minimum absolute atomic E-state index is 0.678. The molecule has 1 aromatic rings. The molecular weight excluding hydrogens is 192 g/mol. The molecular formula is C13H15Cl. The zero-order valence-corrected chi connectivity index (χ0v) is 9.00. The third-order valence-electron chi connectivity index (χ3n) is 2.84. The number of allylic oxidation sites excluding steroid dienone is 2. The van der Waals surface area contributed by atoms with E-state index < -0.39 is 0 Å². The maximum atomic E-state index is 5.91. The highest BCUT2D eigenvalue weighted by molar-refractivity contribution is 6.18. The lowest BCUT2D eigenvalue weighted by atomic mass is 9.87. The predicted octanol–water partition coefficient (Wildman–Crippen LogP) is 4.11. The Morgan fingerprint density at radius 2 is 2.00 bits per heavy atom. The van der Waals surface area contributed by atoms with Crippen LogP contribution in [0.2, 0.25) is 0 Å². The number of hydrogen-bond donors (Lipinski definition) is 0. The van der Waals surface area contributed by atoms with Crippen molar-refractivity contribution in [3.8, 4) is 0 Å². The first-order valence-electron chi connectivity index (χ1n) is 5.20. The lowest BCUT2D eigenvalue weighted by Crippen LogP contribution is -2.07. The van der Waals surface area contributed by atoms with E-state index in [4.69, 9.17) is 11.6 Å². The Bertz CT molecular complexity index is 313. The fourth-order valence-electron chi connectivity index (χ4n) is 2.01. The van der Waals surface area contributed by atoms with Gasteiger partial charge in [-0.25, -0.2) is 0 Å². The van der Waals surface area contributed by atoms with Gasteiger partial charge in [-0.3, -0.25) is 0 Å². The van der Waals surface area contributed by atoms with Gasteiger partial charge in [0.2, 0.25) is 0 Å². The second-order valence-corrected chi connectivity index (χ2v) is 4.21. The zero-order valence-electron chi connectivity index (χ0n) is 8.25. The van der Waals surface area contributed by atoms with Crippen LogP contribution in [0, 0.1) is 5.92 Å². The summed E-state index contributed by atoms with van der Waals surface area (Å²) in [7, 11) is 0. The average Bonchev–Trinajstić information content (AvgIpc) is 2.30. The first-order valence-corrected chi connectivity index (χ1v) is 5.74. The maximum absolute atomic E-state index is 5.91. The monoisotopic (exact) mass is 206 g/mol. The fraction of sp³-hybridized carbons (Fsp3) is 0.385. The molecule has 0 heterocycles. The molecule has 0 fully saturated rings. The lowest BCUT2D eigenvalue weighted by molar-refractivity contribution is 0.542. The molecule has 0 spiro atoms. The molecule has 1 aliphatic carbocycles. The first kappa shape index (κ1) is 9.79. The highest BCUT2D eigenvalue weighted by atomic mass is 35.5. The maximum Gasteiger partial charge on any atom is 0.0255 e. The van der Waals surface area contributed by atoms with Crippen molar-refractivity contribution >= 4 is 17.2 Å². The van der Waals surface area contributed by atoms with Gasteiger partial charge in [0.15, 0.2) is 0 Å². The summed E-state index contributed by atoms with van der Waals surface area (Å²) in [6.07, 6.45) is 5.94. The third kappa shape index (κ3) is 2.19. The van der Waals surface area contributed by atoms with Gasteiger partial charge in [-0.05, 0) is 36.3 Å². The number of alkyl halides is 1.